The molecule has 2 rings (SSSR count). The van der Waals surface area contributed by atoms with Crippen molar-refractivity contribution in [1.29, 1.82) is 0 Å². The third kappa shape index (κ3) is 2.37. The molecule has 0 N–H and O–H groups in total. The van der Waals surface area contributed by atoms with Crippen LogP contribution in [0.2, 0.25) is 0 Å². The van der Waals surface area contributed by atoms with E-state index >= 15 is 0 Å². The lowest BCUT2D eigenvalue weighted by Crippen LogP contribution is -2.20. The predicted octanol–water partition coefficient (Wildman–Crippen LogP) is 3.88. The van der Waals surface area contributed by atoms with E-state index in [4.69, 9.17) is 0 Å². The highest BCUT2D eigenvalue weighted by Crippen LogP contribution is 2.22. The monoisotopic (exact) mass is 241 g/mol. The molecular formula is C16H19NO. The first-order valence-electron chi connectivity index (χ1n) is 6.53. The van der Waals surface area contributed by atoms with Gasteiger partial charge in [0.2, 0.25) is 5.91 Å². The van der Waals surface area contributed by atoms with Crippen molar-refractivity contribution in [3.05, 3.63) is 59.9 Å². The molecule has 0 aliphatic heterocycles. The van der Waals surface area contributed by atoms with Crippen molar-refractivity contribution in [2.24, 2.45) is 0 Å². The highest BCUT2D eigenvalue weighted by molar-refractivity contribution is 5.86. The minimum atomic E-state index is -0.0519. The molecule has 18 heavy (non-hydrogen) atoms. The van der Waals surface area contributed by atoms with Crippen LogP contribution in [0.3, 0.4) is 0 Å². The Balaban J connectivity index is 2.32. The van der Waals surface area contributed by atoms with Gasteiger partial charge in [0.15, 0.2) is 0 Å². The van der Waals surface area contributed by atoms with Gasteiger partial charge in [0, 0.05) is 11.9 Å². The summed E-state index contributed by atoms with van der Waals surface area (Å²) in [5.41, 5.74) is 2.18. The van der Waals surface area contributed by atoms with Gasteiger partial charge in [-0.15, -0.1) is 0 Å². The van der Waals surface area contributed by atoms with Gasteiger partial charge in [-0.2, -0.15) is 0 Å². The highest BCUT2D eigenvalue weighted by atomic mass is 16.2. The Morgan fingerprint density at radius 1 is 1.11 bits per heavy atom. The summed E-state index contributed by atoms with van der Waals surface area (Å²) >= 11 is 0. The summed E-state index contributed by atoms with van der Waals surface area (Å²) in [4.78, 5) is 12.6. The van der Waals surface area contributed by atoms with E-state index in [-0.39, 0.29) is 11.8 Å². The van der Waals surface area contributed by atoms with Gasteiger partial charge in [0.1, 0.15) is 0 Å². The van der Waals surface area contributed by atoms with Crippen LogP contribution >= 0.6 is 0 Å². The van der Waals surface area contributed by atoms with Crippen LogP contribution < -0.4 is 0 Å². The smallest absolute Gasteiger partial charge is 0.238 e. The second-order valence-corrected chi connectivity index (χ2v) is 4.43. The number of carbonyl (C=O) groups is 1. The molecule has 0 aliphatic carbocycles. The molecule has 0 fully saturated rings. The molecule has 2 aromatic rings. The van der Waals surface area contributed by atoms with E-state index in [2.05, 4.69) is 13.8 Å². The fourth-order valence-electron chi connectivity index (χ4n) is 2.33. The van der Waals surface area contributed by atoms with E-state index in [1.807, 2.05) is 48.7 Å². The summed E-state index contributed by atoms with van der Waals surface area (Å²) in [5, 5.41) is 0. The van der Waals surface area contributed by atoms with Crippen molar-refractivity contribution in [3.63, 3.8) is 0 Å². The maximum atomic E-state index is 12.6. The Kier molecular flexibility index (Phi) is 3.98. The van der Waals surface area contributed by atoms with Crippen LogP contribution in [0, 0.1) is 0 Å². The van der Waals surface area contributed by atoms with Crippen molar-refractivity contribution < 1.29 is 4.79 Å². The second kappa shape index (κ2) is 5.67. The Hall–Kier alpha value is -1.83. The first-order chi connectivity index (χ1) is 8.77. The SMILES string of the molecule is CCc1cccn1C(=O)C(CC)c1ccccc1. The van der Waals surface area contributed by atoms with E-state index in [1.54, 1.807) is 4.57 Å². The normalized spacial score (nSPS) is 12.3. The van der Waals surface area contributed by atoms with Crippen LogP contribution in [0.25, 0.3) is 0 Å². The summed E-state index contributed by atoms with van der Waals surface area (Å²) in [5.74, 6) is 0.120. The maximum Gasteiger partial charge on any atom is 0.238 e. The molecule has 0 bridgehead atoms. The summed E-state index contributed by atoms with van der Waals surface area (Å²) in [6.07, 6.45) is 3.57. The minimum Gasteiger partial charge on any atom is -0.291 e. The maximum absolute atomic E-state index is 12.6. The van der Waals surface area contributed by atoms with Crippen molar-refractivity contribution in [1.82, 2.24) is 4.57 Å². The molecule has 94 valence electrons. The summed E-state index contributed by atoms with van der Waals surface area (Å²) in [7, 11) is 0. The average molecular weight is 241 g/mol. The van der Waals surface area contributed by atoms with Crippen LogP contribution in [0.4, 0.5) is 0 Å². The number of rotatable bonds is 4. The van der Waals surface area contributed by atoms with Crippen LogP contribution in [0.15, 0.2) is 48.7 Å². The molecule has 2 nitrogen and oxygen atoms in total. The number of hydrogen-bond donors (Lipinski definition) is 0. The zero-order chi connectivity index (χ0) is 13.0. The Labute approximate surface area is 108 Å². The minimum absolute atomic E-state index is 0.0519. The first-order valence-corrected chi connectivity index (χ1v) is 6.53. The molecule has 1 atom stereocenters. The molecule has 0 amide bonds. The molecule has 0 radical (unpaired) electrons. The van der Waals surface area contributed by atoms with Gasteiger partial charge in [0.25, 0.3) is 0 Å². The van der Waals surface area contributed by atoms with Gasteiger partial charge < -0.3 is 0 Å². The molecule has 0 spiro atoms. The lowest BCUT2D eigenvalue weighted by molar-refractivity contribution is 0.0872. The van der Waals surface area contributed by atoms with Gasteiger partial charge in [-0.3, -0.25) is 9.36 Å². The molecule has 2 heteroatoms. The number of hydrogen-bond acceptors (Lipinski definition) is 1. The molecule has 1 aromatic carbocycles. The van der Waals surface area contributed by atoms with Crippen molar-refractivity contribution >= 4 is 5.91 Å². The number of aromatic nitrogens is 1. The molecule has 1 heterocycles. The van der Waals surface area contributed by atoms with E-state index in [1.165, 1.54) is 0 Å². The zero-order valence-electron chi connectivity index (χ0n) is 11.0. The Bertz CT molecular complexity index is 513. The van der Waals surface area contributed by atoms with E-state index in [9.17, 15) is 4.79 Å². The number of carbonyl (C=O) groups excluding carboxylic acids is 1. The van der Waals surface area contributed by atoms with Crippen molar-refractivity contribution in [2.75, 3.05) is 0 Å². The molecule has 1 aromatic heterocycles. The molecule has 0 aliphatic rings. The Morgan fingerprint density at radius 3 is 2.44 bits per heavy atom. The summed E-state index contributed by atoms with van der Waals surface area (Å²) < 4.78 is 1.79. The number of aryl methyl sites for hydroxylation is 1. The lowest BCUT2D eigenvalue weighted by Gasteiger charge is -2.16. The topological polar surface area (TPSA) is 22.0 Å². The molecular weight excluding hydrogens is 222 g/mol. The molecule has 0 saturated carbocycles. The van der Waals surface area contributed by atoms with Gasteiger partial charge in [-0.25, -0.2) is 0 Å². The fourth-order valence-corrected chi connectivity index (χ4v) is 2.33. The van der Waals surface area contributed by atoms with Gasteiger partial charge in [0.05, 0.1) is 5.92 Å². The average Bonchev–Trinajstić information content (AvgIpc) is 2.89. The van der Waals surface area contributed by atoms with Crippen molar-refractivity contribution in [2.45, 2.75) is 32.6 Å². The van der Waals surface area contributed by atoms with Gasteiger partial charge in [-0.05, 0) is 30.5 Å². The van der Waals surface area contributed by atoms with Crippen LogP contribution in [0.5, 0.6) is 0 Å². The summed E-state index contributed by atoms with van der Waals surface area (Å²) in [6, 6.07) is 14.0. The van der Waals surface area contributed by atoms with E-state index < -0.39 is 0 Å². The standard InChI is InChI=1S/C16H19NO/c1-3-14-11-8-12-17(14)16(18)15(4-2)13-9-6-5-7-10-13/h5-12,15H,3-4H2,1-2H3. The largest absolute Gasteiger partial charge is 0.291 e. The van der Waals surface area contributed by atoms with Crippen LogP contribution in [-0.4, -0.2) is 10.5 Å². The first kappa shape index (κ1) is 12.6. The third-order valence-corrected chi connectivity index (χ3v) is 3.34. The number of benzene rings is 1. The molecule has 1 unspecified atom stereocenters. The number of nitrogens with zero attached hydrogens (tertiary/aromatic N) is 1. The zero-order valence-corrected chi connectivity index (χ0v) is 11.0. The van der Waals surface area contributed by atoms with Crippen molar-refractivity contribution in [3.8, 4) is 0 Å². The Morgan fingerprint density at radius 2 is 1.83 bits per heavy atom. The third-order valence-electron chi connectivity index (χ3n) is 3.34. The van der Waals surface area contributed by atoms with Gasteiger partial charge >= 0.3 is 0 Å². The molecule has 0 saturated heterocycles. The van der Waals surface area contributed by atoms with E-state index in [0.717, 1.165) is 24.1 Å². The lowest BCUT2D eigenvalue weighted by atomic mass is 9.95. The predicted molar refractivity (Wildman–Crippen MR) is 73.9 cm³/mol. The van der Waals surface area contributed by atoms with Crippen LogP contribution in [-0.2, 0) is 6.42 Å². The van der Waals surface area contributed by atoms with Gasteiger partial charge in [-0.1, -0.05) is 44.2 Å². The quantitative estimate of drug-likeness (QED) is 0.796. The van der Waals surface area contributed by atoms with Crippen LogP contribution in [0.1, 0.15) is 42.2 Å². The summed E-state index contributed by atoms with van der Waals surface area (Å²) in [6.45, 7) is 4.13. The fraction of sp³-hybridized carbons (Fsp3) is 0.312. The second-order valence-electron chi connectivity index (χ2n) is 4.43. The van der Waals surface area contributed by atoms with E-state index in [0.29, 0.717) is 0 Å². The highest BCUT2D eigenvalue weighted by Gasteiger charge is 2.20.